The Morgan fingerprint density at radius 2 is 1.92 bits per heavy atom. The average molecular weight is 539 g/mol. The molecule has 0 unspecified atom stereocenters. The second kappa shape index (κ2) is 11.2. The van der Waals surface area contributed by atoms with Crippen molar-refractivity contribution in [2.45, 2.75) is 13.8 Å². The van der Waals surface area contributed by atoms with Crippen LogP contribution in [0.25, 0.3) is 6.08 Å². The Morgan fingerprint density at radius 3 is 2.64 bits per heavy atom. The van der Waals surface area contributed by atoms with Gasteiger partial charge in [-0.15, -0.1) is 0 Å². The maximum Gasteiger partial charge on any atom is 0.270 e. The summed E-state index contributed by atoms with van der Waals surface area (Å²) in [5, 5.41) is 3.25. The molecular formula is C27H23ClN2O4S2. The molecule has 3 aromatic carbocycles. The highest BCUT2D eigenvalue weighted by Crippen LogP contribution is 2.38. The molecule has 4 rings (SSSR count). The molecule has 0 atom stereocenters. The zero-order valence-corrected chi connectivity index (χ0v) is 22.2. The number of carbonyl (C=O) groups excluding carboxylic acids is 2. The van der Waals surface area contributed by atoms with Crippen LogP contribution in [0.1, 0.15) is 16.7 Å². The summed E-state index contributed by atoms with van der Waals surface area (Å²) in [5.74, 6) is 0.329. The number of anilines is 2. The van der Waals surface area contributed by atoms with Gasteiger partial charge in [0.1, 0.15) is 0 Å². The van der Waals surface area contributed by atoms with Gasteiger partial charge in [0.2, 0.25) is 0 Å². The molecule has 0 bridgehead atoms. The standard InChI is InChI=1S/C27H23ClN2O4S2/c1-16-7-9-21(17(2)11-16)30-26(32)24(36-27(30)35)13-18-8-10-22(23(12-18)33-3)34-15-25(31)29-20-6-4-5-19(28)14-20/h4-14H,15H2,1-3H3,(H,29,31)/b24-13-. The van der Waals surface area contributed by atoms with Gasteiger partial charge in [0.25, 0.3) is 11.8 Å². The Labute approximate surface area is 224 Å². The van der Waals surface area contributed by atoms with Crippen molar-refractivity contribution in [3.63, 3.8) is 0 Å². The van der Waals surface area contributed by atoms with Gasteiger partial charge in [-0.25, -0.2) is 0 Å². The lowest BCUT2D eigenvalue weighted by Gasteiger charge is -2.17. The maximum atomic E-state index is 13.2. The number of carbonyl (C=O) groups is 2. The van der Waals surface area contributed by atoms with Crippen LogP contribution in [0.15, 0.2) is 65.6 Å². The number of rotatable bonds is 7. The SMILES string of the molecule is COc1cc(/C=C2\SC(=S)N(c3ccc(C)cc3C)C2=O)ccc1OCC(=O)Nc1cccc(Cl)c1. The highest BCUT2D eigenvalue weighted by Gasteiger charge is 2.34. The number of hydrogen-bond acceptors (Lipinski definition) is 6. The molecule has 9 heteroatoms. The van der Waals surface area contributed by atoms with Crippen LogP contribution in [-0.4, -0.2) is 29.9 Å². The summed E-state index contributed by atoms with van der Waals surface area (Å²) >= 11 is 12.7. The van der Waals surface area contributed by atoms with Gasteiger partial charge < -0.3 is 14.8 Å². The van der Waals surface area contributed by atoms with Crippen molar-refractivity contribution < 1.29 is 19.1 Å². The van der Waals surface area contributed by atoms with E-state index < -0.39 is 0 Å². The van der Waals surface area contributed by atoms with Crippen LogP contribution in [0, 0.1) is 13.8 Å². The zero-order chi connectivity index (χ0) is 25.8. The molecule has 1 saturated heterocycles. The van der Waals surface area contributed by atoms with Gasteiger partial charge in [-0.1, -0.05) is 65.4 Å². The molecule has 0 aliphatic carbocycles. The van der Waals surface area contributed by atoms with Crippen molar-refractivity contribution in [2.24, 2.45) is 0 Å². The smallest absolute Gasteiger partial charge is 0.270 e. The van der Waals surface area contributed by atoms with Crippen LogP contribution in [-0.2, 0) is 9.59 Å². The van der Waals surface area contributed by atoms with Crippen molar-refractivity contribution in [1.29, 1.82) is 0 Å². The predicted octanol–water partition coefficient (Wildman–Crippen LogP) is 6.39. The molecule has 1 fully saturated rings. The summed E-state index contributed by atoms with van der Waals surface area (Å²) in [5.41, 5.74) is 4.20. The Morgan fingerprint density at radius 1 is 1.11 bits per heavy atom. The Hall–Kier alpha value is -3.33. The second-order valence-corrected chi connectivity index (χ2v) is 10.2. The van der Waals surface area contributed by atoms with E-state index in [1.807, 2.05) is 32.0 Å². The van der Waals surface area contributed by atoms with E-state index in [-0.39, 0.29) is 18.4 Å². The summed E-state index contributed by atoms with van der Waals surface area (Å²) in [7, 11) is 1.51. The minimum absolute atomic E-state index is 0.172. The third-order valence-electron chi connectivity index (χ3n) is 5.34. The van der Waals surface area contributed by atoms with E-state index in [1.165, 1.54) is 18.9 Å². The zero-order valence-electron chi connectivity index (χ0n) is 19.8. The molecule has 0 aromatic heterocycles. The molecule has 1 heterocycles. The predicted molar refractivity (Wildman–Crippen MR) is 150 cm³/mol. The van der Waals surface area contributed by atoms with Gasteiger partial charge in [0, 0.05) is 10.7 Å². The fraction of sp³-hybridized carbons (Fsp3) is 0.148. The van der Waals surface area contributed by atoms with E-state index in [1.54, 1.807) is 53.4 Å². The lowest BCUT2D eigenvalue weighted by atomic mass is 10.1. The lowest BCUT2D eigenvalue weighted by molar-refractivity contribution is -0.118. The van der Waals surface area contributed by atoms with E-state index in [9.17, 15) is 9.59 Å². The van der Waals surface area contributed by atoms with Crippen LogP contribution in [0.4, 0.5) is 11.4 Å². The average Bonchev–Trinajstić information content (AvgIpc) is 3.10. The van der Waals surface area contributed by atoms with Crippen LogP contribution < -0.4 is 19.7 Å². The minimum Gasteiger partial charge on any atom is -0.493 e. The fourth-order valence-electron chi connectivity index (χ4n) is 3.68. The molecule has 2 amide bonds. The van der Waals surface area contributed by atoms with E-state index in [0.717, 1.165) is 22.4 Å². The minimum atomic E-state index is -0.335. The lowest BCUT2D eigenvalue weighted by Crippen LogP contribution is -2.28. The van der Waals surface area contributed by atoms with E-state index >= 15 is 0 Å². The number of ether oxygens (including phenoxy) is 2. The second-order valence-electron chi connectivity index (χ2n) is 8.06. The largest absolute Gasteiger partial charge is 0.493 e. The summed E-state index contributed by atoms with van der Waals surface area (Å²) in [6.45, 7) is 3.76. The highest BCUT2D eigenvalue weighted by atomic mass is 35.5. The van der Waals surface area contributed by atoms with Crippen LogP contribution in [0.5, 0.6) is 11.5 Å². The molecule has 0 spiro atoms. The van der Waals surface area contributed by atoms with Crippen molar-refractivity contribution in [3.8, 4) is 11.5 Å². The van der Waals surface area contributed by atoms with Gasteiger partial charge >= 0.3 is 0 Å². The number of thioether (sulfide) groups is 1. The molecule has 0 saturated carbocycles. The van der Waals surface area contributed by atoms with Crippen molar-refractivity contribution in [2.75, 3.05) is 23.9 Å². The van der Waals surface area contributed by atoms with Gasteiger partial charge in [0.05, 0.1) is 17.7 Å². The highest BCUT2D eigenvalue weighted by molar-refractivity contribution is 8.27. The topological polar surface area (TPSA) is 67.9 Å². The number of benzene rings is 3. The Bertz CT molecular complexity index is 1390. The number of nitrogens with one attached hydrogen (secondary N) is 1. The van der Waals surface area contributed by atoms with E-state index in [4.69, 9.17) is 33.3 Å². The molecule has 6 nitrogen and oxygen atoms in total. The number of nitrogens with zero attached hydrogens (tertiary/aromatic N) is 1. The number of aryl methyl sites for hydroxylation is 2. The summed E-state index contributed by atoms with van der Waals surface area (Å²) < 4.78 is 11.6. The number of methoxy groups -OCH3 is 1. The summed E-state index contributed by atoms with van der Waals surface area (Å²) in [6.07, 6.45) is 1.76. The van der Waals surface area contributed by atoms with Crippen molar-refractivity contribution in [1.82, 2.24) is 0 Å². The molecule has 1 aliphatic rings. The quantitative estimate of drug-likeness (QED) is 0.278. The first-order valence-electron chi connectivity index (χ1n) is 11.0. The number of halogens is 1. The van der Waals surface area contributed by atoms with Gasteiger partial charge in [-0.3, -0.25) is 14.5 Å². The van der Waals surface area contributed by atoms with E-state index in [0.29, 0.717) is 31.4 Å². The normalized spacial score (nSPS) is 14.3. The number of thiocarbonyl (C=S) groups is 1. The Balaban J connectivity index is 1.47. The van der Waals surface area contributed by atoms with Crippen molar-refractivity contribution >= 4 is 69.2 Å². The molecule has 0 radical (unpaired) electrons. The summed E-state index contributed by atoms with van der Waals surface area (Å²) in [6, 6.07) is 18.0. The van der Waals surface area contributed by atoms with Gasteiger partial charge in [-0.2, -0.15) is 0 Å². The Kier molecular flexibility index (Phi) is 7.98. The molecular weight excluding hydrogens is 516 g/mol. The monoisotopic (exact) mass is 538 g/mol. The first-order valence-corrected chi connectivity index (χ1v) is 12.6. The van der Waals surface area contributed by atoms with Gasteiger partial charge in [-0.05, 0) is 67.4 Å². The third kappa shape index (κ3) is 5.90. The van der Waals surface area contributed by atoms with Gasteiger partial charge in [0.15, 0.2) is 22.4 Å². The molecule has 1 aliphatic heterocycles. The summed E-state index contributed by atoms with van der Waals surface area (Å²) in [4.78, 5) is 27.5. The van der Waals surface area contributed by atoms with E-state index in [2.05, 4.69) is 5.32 Å². The van der Waals surface area contributed by atoms with Crippen LogP contribution in [0.3, 0.4) is 0 Å². The molecule has 184 valence electrons. The van der Waals surface area contributed by atoms with Crippen LogP contribution in [0.2, 0.25) is 5.02 Å². The maximum absolute atomic E-state index is 13.2. The molecule has 1 N–H and O–H groups in total. The van der Waals surface area contributed by atoms with Crippen molar-refractivity contribution in [3.05, 3.63) is 87.3 Å². The first-order chi connectivity index (χ1) is 17.2. The fourth-order valence-corrected chi connectivity index (χ4v) is 5.16. The number of hydrogen-bond donors (Lipinski definition) is 1. The third-order valence-corrected chi connectivity index (χ3v) is 6.88. The van der Waals surface area contributed by atoms with Crippen LogP contribution >= 0.6 is 35.6 Å². The number of amides is 2. The molecule has 3 aromatic rings. The first kappa shape index (κ1) is 25.8. The molecule has 36 heavy (non-hydrogen) atoms.